The maximum absolute atomic E-state index is 12.9. The lowest BCUT2D eigenvalue weighted by Crippen LogP contribution is -2.30. The van der Waals surface area contributed by atoms with Crippen molar-refractivity contribution in [2.75, 3.05) is 19.8 Å². The minimum absolute atomic E-state index is 0.0949. The third kappa shape index (κ3) is 59.2. The van der Waals surface area contributed by atoms with Gasteiger partial charge in [0.1, 0.15) is 6.61 Å². The molecule has 0 fully saturated rings. The van der Waals surface area contributed by atoms with Gasteiger partial charge >= 0.3 is 11.9 Å². The van der Waals surface area contributed by atoms with Crippen LogP contribution in [0.1, 0.15) is 367 Å². The van der Waals surface area contributed by atoms with Crippen LogP contribution in [0.25, 0.3) is 0 Å². The summed E-state index contributed by atoms with van der Waals surface area (Å²) in [5.41, 5.74) is 0. The number of allylic oxidation sites excluding steroid dienone is 2. The standard InChI is InChI=1S/C65H126O5/c1-4-7-10-13-16-19-22-25-28-31-33-35-37-40-43-46-49-52-55-58-64(66)69-62-63(61-68-60-57-54-51-48-45-42-39-36-32-29-26-23-20-17-14-11-8-5-2)70-65(67)59-56-53-50-47-44-41-38-34-30-27-24-21-18-15-12-9-6-3/h25,28,63H,4-24,26-27,29-62H2,1-3H3/b28-25-. The molecule has 0 aliphatic rings. The van der Waals surface area contributed by atoms with Crippen LogP contribution in [-0.2, 0) is 23.8 Å². The van der Waals surface area contributed by atoms with Crippen LogP contribution in [0.4, 0.5) is 0 Å². The van der Waals surface area contributed by atoms with Crippen LogP contribution in [0.5, 0.6) is 0 Å². The Kier molecular flexibility index (Phi) is 60.7. The van der Waals surface area contributed by atoms with Gasteiger partial charge in [0.2, 0.25) is 0 Å². The number of carbonyl (C=O) groups is 2. The molecule has 0 N–H and O–H groups in total. The highest BCUT2D eigenvalue weighted by Gasteiger charge is 2.18. The average Bonchev–Trinajstić information content (AvgIpc) is 3.36. The second-order valence-electron chi connectivity index (χ2n) is 22.0. The summed E-state index contributed by atoms with van der Waals surface area (Å²) >= 11 is 0. The molecule has 0 aromatic heterocycles. The molecule has 0 aliphatic heterocycles. The first-order valence-electron chi connectivity index (χ1n) is 32.2. The van der Waals surface area contributed by atoms with Crippen molar-refractivity contribution in [3.63, 3.8) is 0 Å². The molecule has 1 atom stereocenters. The van der Waals surface area contributed by atoms with Gasteiger partial charge in [-0.05, 0) is 44.9 Å². The van der Waals surface area contributed by atoms with E-state index in [9.17, 15) is 9.59 Å². The van der Waals surface area contributed by atoms with E-state index in [4.69, 9.17) is 14.2 Å². The highest BCUT2D eigenvalue weighted by Crippen LogP contribution is 2.18. The van der Waals surface area contributed by atoms with Crippen LogP contribution in [0, 0.1) is 0 Å². The highest BCUT2D eigenvalue weighted by atomic mass is 16.6. The number of ether oxygens (including phenoxy) is 3. The Labute approximate surface area is 439 Å². The van der Waals surface area contributed by atoms with Crippen molar-refractivity contribution in [1.29, 1.82) is 0 Å². The van der Waals surface area contributed by atoms with Crippen molar-refractivity contribution in [2.45, 2.75) is 374 Å². The van der Waals surface area contributed by atoms with Gasteiger partial charge in [-0.3, -0.25) is 9.59 Å². The molecular weight excluding hydrogens is 861 g/mol. The molecule has 5 nitrogen and oxygen atoms in total. The van der Waals surface area contributed by atoms with E-state index in [0.29, 0.717) is 26.1 Å². The quantitative estimate of drug-likeness (QED) is 0.0345. The third-order valence-corrected chi connectivity index (χ3v) is 14.8. The summed E-state index contributed by atoms with van der Waals surface area (Å²) in [4.78, 5) is 25.6. The second-order valence-corrected chi connectivity index (χ2v) is 22.0. The minimum Gasteiger partial charge on any atom is -0.462 e. The highest BCUT2D eigenvalue weighted by molar-refractivity contribution is 5.70. The lowest BCUT2D eigenvalue weighted by atomic mass is 10.0. The summed E-state index contributed by atoms with van der Waals surface area (Å²) in [7, 11) is 0. The van der Waals surface area contributed by atoms with Gasteiger partial charge in [0.25, 0.3) is 0 Å². The fraction of sp³-hybridized carbons (Fsp3) is 0.938. The predicted octanol–water partition coefficient (Wildman–Crippen LogP) is 22.1. The molecule has 0 saturated carbocycles. The monoisotopic (exact) mass is 987 g/mol. The van der Waals surface area contributed by atoms with Gasteiger partial charge in [-0.25, -0.2) is 0 Å². The second kappa shape index (κ2) is 61.9. The van der Waals surface area contributed by atoms with E-state index in [1.807, 2.05) is 0 Å². The molecule has 1 unspecified atom stereocenters. The minimum atomic E-state index is -0.529. The molecule has 0 bridgehead atoms. The summed E-state index contributed by atoms with van der Waals surface area (Å²) in [6.45, 7) is 7.93. The van der Waals surface area contributed by atoms with E-state index >= 15 is 0 Å². The van der Waals surface area contributed by atoms with E-state index in [1.54, 1.807) is 0 Å². The maximum Gasteiger partial charge on any atom is 0.306 e. The zero-order valence-corrected chi connectivity index (χ0v) is 48.1. The van der Waals surface area contributed by atoms with Crippen LogP contribution >= 0.6 is 0 Å². The first-order chi connectivity index (χ1) is 34.6. The normalized spacial score (nSPS) is 12.1. The Morgan fingerprint density at radius 2 is 0.557 bits per heavy atom. The van der Waals surface area contributed by atoms with Crippen molar-refractivity contribution in [3.8, 4) is 0 Å². The molecule has 0 aromatic rings. The van der Waals surface area contributed by atoms with Gasteiger partial charge < -0.3 is 14.2 Å². The lowest BCUT2D eigenvalue weighted by molar-refractivity contribution is -0.163. The lowest BCUT2D eigenvalue weighted by Gasteiger charge is -2.18. The van der Waals surface area contributed by atoms with Gasteiger partial charge in [-0.1, -0.05) is 322 Å². The maximum atomic E-state index is 12.9. The number of carbonyl (C=O) groups excluding carboxylic acids is 2. The molecule has 0 amide bonds. The fourth-order valence-electron chi connectivity index (χ4n) is 9.98. The molecule has 0 heterocycles. The molecule has 0 rings (SSSR count). The summed E-state index contributed by atoms with van der Waals surface area (Å²) in [6, 6.07) is 0. The van der Waals surface area contributed by atoms with Crippen molar-refractivity contribution in [1.82, 2.24) is 0 Å². The van der Waals surface area contributed by atoms with E-state index < -0.39 is 6.10 Å². The van der Waals surface area contributed by atoms with Gasteiger partial charge in [0.15, 0.2) is 6.10 Å². The first-order valence-corrected chi connectivity index (χ1v) is 32.2. The number of esters is 2. The molecule has 0 radical (unpaired) electrons. The van der Waals surface area contributed by atoms with Crippen LogP contribution < -0.4 is 0 Å². The topological polar surface area (TPSA) is 61.8 Å². The number of unbranched alkanes of at least 4 members (excludes halogenated alkanes) is 48. The van der Waals surface area contributed by atoms with Gasteiger partial charge in [-0.15, -0.1) is 0 Å². The third-order valence-electron chi connectivity index (χ3n) is 14.8. The molecule has 0 spiro atoms. The molecule has 0 aliphatic carbocycles. The Morgan fingerprint density at radius 3 is 0.871 bits per heavy atom. The molecule has 70 heavy (non-hydrogen) atoms. The van der Waals surface area contributed by atoms with Crippen LogP contribution in [0.3, 0.4) is 0 Å². The van der Waals surface area contributed by atoms with Crippen molar-refractivity contribution < 1.29 is 23.8 Å². The van der Waals surface area contributed by atoms with Gasteiger partial charge in [-0.2, -0.15) is 0 Å². The smallest absolute Gasteiger partial charge is 0.306 e. The van der Waals surface area contributed by atoms with E-state index in [-0.39, 0.29) is 18.5 Å². The molecule has 0 saturated heterocycles. The summed E-state index contributed by atoms with van der Waals surface area (Å²) in [5.74, 6) is -0.367. The predicted molar refractivity (Wildman–Crippen MR) is 307 cm³/mol. The van der Waals surface area contributed by atoms with E-state index in [0.717, 1.165) is 32.1 Å². The Balaban J connectivity index is 4.20. The van der Waals surface area contributed by atoms with Crippen molar-refractivity contribution in [2.24, 2.45) is 0 Å². The Hall–Kier alpha value is -1.36. The first kappa shape index (κ1) is 68.6. The molecule has 0 aromatic carbocycles. The van der Waals surface area contributed by atoms with E-state index in [1.165, 1.54) is 302 Å². The van der Waals surface area contributed by atoms with Gasteiger partial charge in [0.05, 0.1) is 6.61 Å². The van der Waals surface area contributed by atoms with Crippen LogP contribution in [0.15, 0.2) is 12.2 Å². The molecular formula is C65H126O5. The zero-order chi connectivity index (χ0) is 50.6. The number of hydrogen-bond donors (Lipinski definition) is 0. The average molecular weight is 988 g/mol. The molecule has 416 valence electrons. The van der Waals surface area contributed by atoms with Gasteiger partial charge in [0, 0.05) is 19.4 Å². The van der Waals surface area contributed by atoms with Crippen molar-refractivity contribution in [3.05, 3.63) is 12.2 Å². The largest absolute Gasteiger partial charge is 0.462 e. The zero-order valence-electron chi connectivity index (χ0n) is 48.1. The summed E-state index contributed by atoms with van der Waals surface area (Å²) < 4.78 is 17.6. The summed E-state index contributed by atoms with van der Waals surface area (Å²) in [6.07, 6.45) is 73.9. The SMILES string of the molecule is CCCCCCCC/C=C\CCCCCCCCCCCC(=O)OCC(COCCCCCCCCCCCCCCCCCCCC)OC(=O)CCCCCCCCCCCCCCCCCCC. The van der Waals surface area contributed by atoms with E-state index in [2.05, 4.69) is 32.9 Å². The summed E-state index contributed by atoms with van der Waals surface area (Å²) in [5, 5.41) is 0. The number of hydrogen-bond acceptors (Lipinski definition) is 5. The van der Waals surface area contributed by atoms with Crippen molar-refractivity contribution >= 4 is 11.9 Å². The number of rotatable bonds is 61. The Bertz CT molecular complexity index is 1030. The van der Waals surface area contributed by atoms with Crippen LogP contribution in [-0.4, -0.2) is 37.9 Å². The van der Waals surface area contributed by atoms with Crippen LogP contribution in [0.2, 0.25) is 0 Å². The fourth-order valence-corrected chi connectivity index (χ4v) is 9.98. The molecule has 5 heteroatoms. The Morgan fingerprint density at radius 1 is 0.300 bits per heavy atom.